The molecular weight excluding hydrogens is 128 g/mol. The lowest BCUT2D eigenvalue weighted by Crippen LogP contribution is -0.969. The van der Waals surface area contributed by atoms with Crippen LogP contribution in [0, 0.1) is 0 Å². The molecule has 0 N–H and O–H groups in total. The smallest absolute Gasteiger partial charge is 0.0000358 e. The Morgan fingerprint density at radius 1 is 1.75 bits per heavy atom. The molecular formula is HS4. The summed E-state index contributed by atoms with van der Waals surface area (Å²) in [6.07, 6.45) is 0. The molecule has 0 saturated heterocycles. The fraction of sp³-hybridized carbons (Fsp3) is 0. The first-order chi connectivity index (χ1) is 1.91. The molecule has 25 valence electrons. The van der Waals surface area contributed by atoms with Gasteiger partial charge < -0.3 is 0 Å². The zero-order valence-electron chi connectivity index (χ0n) is 1.67. The van der Waals surface area contributed by atoms with E-state index < -0.39 is 0 Å². The van der Waals surface area contributed by atoms with Crippen molar-refractivity contribution in [2.45, 2.75) is 0 Å². The molecule has 0 bridgehead atoms. The third kappa shape index (κ3) is 3.40. The third-order valence-corrected chi connectivity index (χ3v) is 2.46. The molecule has 4 heteroatoms. The monoisotopic (exact) mass is 129 g/mol. The third-order valence-electron chi connectivity index (χ3n) is 0.0304. The number of rotatable bonds is 1. The van der Waals surface area contributed by atoms with Gasteiger partial charge in [-0.25, -0.2) is 0 Å². The Morgan fingerprint density at radius 2 is 2.00 bits per heavy atom. The van der Waals surface area contributed by atoms with E-state index in [4.69, 9.17) is 0 Å². The van der Waals surface area contributed by atoms with Crippen LogP contribution in [0.2, 0.25) is 0 Å². The van der Waals surface area contributed by atoms with Gasteiger partial charge in [-0.05, 0) is 31.3 Å². The predicted octanol–water partition coefficient (Wildman–Crippen LogP) is 2.33. The molecule has 0 nitrogen and oxygen atoms in total. The van der Waals surface area contributed by atoms with Crippen molar-refractivity contribution in [3.8, 4) is 0 Å². The van der Waals surface area contributed by atoms with Gasteiger partial charge in [-0.2, -0.15) is 0 Å². The molecule has 0 saturated carbocycles. The van der Waals surface area contributed by atoms with E-state index in [9.17, 15) is 0 Å². The average molecular weight is 129 g/mol. The minimum absolute atomic E-state index is 1.22. The van der Waals surface area contributed by atoms with Crippen molar-refractivity contribution in [3.05, 3.63) is 0 Å². The lowest BCUT2D eigenvalue weighted by atomic mass is 30.4. The SMILES string of the molecule is [S]SSS. The van der Waals surface area contributed by atoms with Gasteiger partial charge in [0.2, 0.25) is 0 Å². The van der Waals surface area contributed by atoms with Crippen LogP contribution in [-0.4, -0.2) is 0 Å². The maximum absolute atomic E-state index is 4.36. The molecule has 0 fully saturated rings. The summed E-state index contributed by atoms with van der Waals surface area (Å²) in [6.45, 7) is 0. The van der Waals surface area contributed by atoms with Gasteiger partial charge in [0.1, 0.15) is 0 Å². The molecule has 0 aliphatic carbocycles. The predicted molar refractivity (Wildman–Crippen MR) is 31.8 cm³/mol. The van der Waals surface area contributed by atoms with E-state index in [1.54, 1.807) is 0 Å². The molecule has 0 aromatic carbocycles. The van der Waals surface area contributed by atoms with E-state index in [1.165, 1.54) is 19.7 Å². The van der Waals surface area contributed by atoms with Crippen LogP contribution in [0.15, 0.2) is 0 Å². The highest BCUT2D eigenvalue weighted by molar-refractivity contribution is 9.21. The van der Waals surface area contributed by atoms with Crippen LogP contribution in [0.4, 0.5) is 0 Å². The fourth-order valence-corrected chi connectivity index (χ4v) is 0. The Bertz CT molecular complexity index is 2.00. The zero-order valence-corrected chi connectivity index (χ0v) is 5.02. The molecule has 0 unspecified atom stereocenters. The Labute approximate surface area is 43.1 Å². The van der Waals surface area contributed by atoms with Crippen molar-refractivity contribution in [2.24, 2.45) is 0 Å². The Morgan fingerprint density at radius 3 is 2.00 bits per heavy atom. The minimum atomic E-state index is 1.22. The molecule has 0 spiro atoms. The van der Waals surface area contributed by atoms with Crippen molar-refractivity contribution >= 4 is 43.0 Å². The average Bonchev–Trinajstić information content (AvgIpc) is 1.37. The van der Waals surface area contributed by atoms with E-state index in [0.717, 1.165) is 0 Å². The molecule has 0 aromatic heterocycles. The molecule has 1 radical (unpaired) electrons. The molecule has 0 amide bonds. The van der Waals surface area contributed by atoms with Gasteiger partial charge in [-0.3, -0.25) is 0 Å². The van der Waals surface area contributed by atoms with Crippen molar-refractivity contribution in [1.29, 1.82) is 0 Å². The highest BCUT2D eigenvalue weighted by Gasteiger charge is 1.60. The second-order valence-corrected chi connectivity index (χ2v) is 3.85. The summed E-state index contributed by atoms with van der Waals surface area (Å²) in [6, 6.07) is 0. The van der Waals surface area contributed by atoms with Gasteiger partial charge in [0.15, 0.2) is 0 Å². The summed E-state index contributed by atoms with van der Waals surface area (Å²) in [4.78, 5) is 0. The normalized spacial score (nSPS) is 7.50. The molecule has 0 aliphatic heterocycles. The summed E-state index contributed by atoms with van der Waals surface area (Å²) in [5.74, 6) is 0. The van der Waals surface area contributed by atoms with Crippen molar-refractivity contribution in [2.75, 3.05) is 0 Å². The molecule has 0 heterocycles. The van der Waals surface area contributed by atoms with E-state index in [-0.39, 0.29) is 0 Å². The van der Waals surface area contributed by atoms with Crippen LogP contribution in [0.1, 0.15) is 0 Å². The summed E-state index contributed by atoms with van der Waals surface area (Å²) in [7, 11) is 2.50. The second kappa shape index (κ2) is 4.40. The number of thiol groups is 1. The second-order valence-electron chi connectivity index (χ2n) is 0.143. The van der Waals surface area contributed by atoms with Crippen LogP contribution in [0.25, 0.3) is 0 Å². The zero-order chi connectivity index (χ0) is 3.41. The maximum Gasteiger partial charge on any atom is -0.0000358 e. The van der Waals surface area contributed by atoms with Crippen LogP contribution in [0.3, 0.4) is 0 Å². The van der Waals surface area contributed by atoms with Gasteiger partial charge in [0.05, 0.1) is 0 Å². The van der Waals surface area contributed by atoms with E-state index in [0.29, 0.717) is 0 Å². The number of hydrogen-bond donors (Lipinski definition) is 1. The van der Waals surface area contributed by atoms with E-state index in [2.05, 4.69) is 23.3 Å². The fourth-order valence-electron chi connectivity index (χ4n) is 0. The summed E-state index contributed by atoms with van der Waals surface area (Å²) in [5.41, 5.74) is 0. The largest absolute Gasteiger partial charge is 0.0988 e. The first-order valence-electron chi connectivity index (χ1n) is 0.516. The van der Waals surface area contributed by atoms with Gasteiger partial charge in [-0.1, -0.05) is 11.7 Å². The first kappa shape index (κ1) is 5.40. The van der Waals surface area contributed by atoms with Crippen molar-refractivity contribution < 1.29 is 0 Å². The topological polar surface area (TPSA) is 0 Å². The quantitative estimate of drug-likeness (QED) is 0.426. The molecule has 4 heavy (non-hydrogen) atoms. The van der Waals surface area contributed by atoms with Gasteiger partial charge in [0.25, 0.3) is 0 Å². The van der Waals surface area contributed by atoms with Gasteiger partial charge >= 0.3 is 0 Å². The van der Waals surface area contributed by atoms with Crippen molar-refractivity contribution in [3.63, 3.8) is 0 Å². The highest BCUT2D eigenvalue weighted by Crippen LogP contribution is 2.27. The Balaban J connectivity index is 1.97. The van der Waals surface area contributed by atoms with E-state index in [1.807, 2.05) is 0 Å². The molecule has 0 rings (SSSR count). The first-order valence-corrected chi connectivity index (χ1v) is 4.64. The number of hydrogen-bond acceptors (Lipinski definition) is 3. The lowest BCUT2D eigenvalue weighted by Gasteiger charge is -1.64. The van der Waals surface area contributed by atoms with Crippen LogP contribution in [-0.2, 0) is 0 Å². The standard InChI is InChI=1S/HS4/c1-3-4-2/h1H. The van der Waals surface area contributed by atoms with Crippen LogP contribution in [0.5, 0.6) is 0 Å². The Hall–Kier alpha value is 1.40. The van der Waals surface area contributed by atoms with Crippen molar-refractivity contribution in [1.82, 2.24) is 0 Å². The minimum Gasteiger partial charge on any atom is -0.0988 e. The van der Waals surface area contributed by atoms with Gasteiger partial charge in [0, 0.05) is 0 Å². The van der Waals surface area contributed by atoms with E-state index >= 15 is 0 Å². The lowest BCUT2D eigenvalue weighted by molar-refractivity contribution is 5.97. The summed E-state index contributed by atoms with van der Waals surface area (Å²) >= 11 is 8.05. The highest BCUT2D eigenvalue weighted by atomic mass is 33.7. The molecule has 0 aromatic rings. The maximum atomic E-state index is 4.36. The van der Waals surface area contributed by atoms with Crippen LogP contribution < -0.4 is 0 Å². The molecule has 0 atom stereocenters. The summed E-state index contributed by atoms with van der Waals surface area (Å²) in [5, 5.41) is 0. The Kier molecular flexibility index (Phi) is 5.94. The van der Waals surface area contributed by atoms with Crippen LogP contribution >= 0.6 is 43.0 Å². The summed E-state index contributed by atoms with van der Waals surface area (Å²) < 4.78 is 0. The van der Waals surface area contributed by atoms with Gasteiger partial charge in [-0.15, -0.1) is 0 Å². The molecule has 0 aliphatic rings.